The predicted molar refractivity (Wildman–Crippen MR) is 65.8 cm³/mol. The lowest BCUT2D eigenvalue weighted by molar-refractivity contribution is 0.203. The summed E-state index contributed by atoms with van der Waals surface area (Å²) >= 11 is 0. The van der Waals surface area contributed by atoms with Crippen molar-refractivity contribution >= 4 is 0 Å². The van der Waals surface area contributed by atoms with Crippen LogP contribution in [0.3, 0.4) is 0 Å². The second-order valence-electron chi connectivity index (χ2n) is 5.01. The Morgan fingerprint density at radius 3 is 2.33 bits per heavy atom. The molecule has 0 aliphatic heterocycles. The smallest absolute Gasteiger partial charge is 0.0448 e. The SMILES string of the molecule is CCC(C)(CCO)NCC(CN)C(C)C. The third-order valence-corrected chi connectivity index (χ3v) is 3.48. The molecule has 0 aromatic rings. The fourth-order valence-electron chi connectivity index (χ4n) is 1.61. The molecular weight excluding hydrogens is 188 g/mol. The molecule has 0 aromatic heterocycles. The van der Waals surface area contributed by atoms with Crippen LogP contribution >= 0.6 is 0 Å². The number of hydrogen-bond acceptors (Lipinski definition) is 3. The van der Waals surface area contributed by atoms with Crippen LogP contribution in [-0.2, 0) is 0 Å². The largest absolute Gasteiger partial charge is 0.396 e. The van der Waals surface area contributed by atoms with Gasteiger partial charge < -0.3 is 16.2 Å². The molecule has 2 unspecified atom stereocenters. The van der Waals surface area contributed by atoms with Crippen molar-refractivity contribution < 1.29 is 5.11 Å². The van der Waals surface area contributed by atoms with Crippen LogP contribution in [0.15, 0.2) is 0 Å². The zero-order valence-electron chi connectivity index (χ0n) is 10.7. The van der Waals surface area contributed by atoms with Gasteiger partial charge in [-0.05, 0) is 44.7 Å². The quantitative estimate of drug-likeness (QED) is 0.574. The maximum atomic E-state index is 9.00. The van der Waals surface area contributed by atoms with Crippen LogP contribution in [0.5, 0.6) is 0 Å². The lowest BCUT2D eigenvalue weighted by Crippen LogP contribution is -2.46. The topological polar surface area (TPSA) is 58.3 Å². The molecule has 0 fully saturated rings. The summed E-state index contributed by atoms with van der Waals surface area (Å²) in [6.45, 7) is 10.6. The average molecular weight is 216 g/mol. The Morgan fingerprint density at radius 2 is 2.00 bits per heavy atom. The van der Waals surface area contributed by atoms with Crippen molar-refractivity contribution in [3.05, 3.63) is 0 Å². The molecule has 0 aliphatic rings. The van der Waals surface area contributed by atoms with Gasteiger partial charge in [0.15, 0.2) is 0 Å². The molecule has 15 heavy (non-hydrogen) atoms. The van der Waals surface area contributed by atoms with Crippen LogP contribution in [0, 0.1) is 11.8 Å². The van der Waals surface area contributed by atoms with Gasteiger partial charge in [-0.15, -0.1) is 0 Å². The number of aliphatic hydroxyl groups is 1. The molecule has 2 atom stereocenters. The van der Waals surface area contributed by atoms with E-state index in [9.17, 15) is 0 Å². The van der Waals surface area contributed by atoms with Crippen molar-refractivity contribution in [2.75, 3.05) is 19.7 Å². The van der Waals surface area contributed by atoms with Crippen molar-refractivity contribution in [1.82, 2.24) is 5.32 Å². The lowest BCUT2D eigenvalue weighted by Gasteiger charge is -2.32. The predicted octanol–water partition coefficient (Wildman–Crippen LogP) is 1.36. The average Bonchev–Trinajstić information content (AvgIpc) is 2.18. The highest BCUT2D eigenvalue weighted by Gasteiger charge is 2.22. The van der Waals surface area contributed by atoms with Crippen molar-refractivity contribution in [2.24, 2.45) is 17.6 Å². The zero-order chi connectivity index (χ0) is 11.9. The molecule has 0 rings (SSSR count). The molecule has 0 heterocycles. The van der Waals surface area contributed by atoms with E-state index in [-0.39, 0.29) is 12.1 Å². The monoisotopic (exact) mass is 216 g/mol. The first-order valence-corrected chi connectivity index (χ1v) is 6.05. The number of rotatable bonds is 8. The summed E-state index contributed by atoms with van der Waals surface area (Å²) < 4.78 is 0. The van der Waals surface area contributed by atoms with E-state index >= 15 is 0 Å². The van der Waals surface area contributed by atoms with E-state index in [0.717, 1.165) is 25.9 Å². The first kappa shape index (κ1) is 14.9. The maximum Gasteiger partial charge on any atom is 0.0448 e. The fraction of sp³-hybridized carbons (Fsp3) is 1.00. The van der Waals surface area contributed by atoms with E-state index in [4.69, 9.17) is 10.8 Å². The van der Waals surface area contributed by atoms with Gasteiger partial charge >= 0.3 is 0 Å². The van der Waals surface area contributed by atoms with Gasteiger partial charge in [-0.1, -0.05) is 20.8 Å². The first-order valence-electron chi connectivity index (χ1n) is 6.05. The minimum absolute atomic E-state index is 0.0526. The molecule has 3 nitrogen and oxygen atoms in total. The summed E-state index contributed by atoms with van der Waals surface area (Å²) in [6.07, 6.45) is 1.84. The Morgan fingerprint density at radius 1 is 1.40 bits per heavy atom. The number of nitrogens with two attached hydrogens (primary N) is 1. The molecule has 0 aromatic carbocycles. The van der Waals surface area contributed by atoms with Crippen LogP contribution in [-0.4, -0.2) is 30.3 Å². The van der Waals surface area contributed by atoms with Crippen molar-refractivity contribution in [3.8, 4) is 0 Å². The van der Waals surface area contributed by atoms with E-state index in [0.29, 0.717) is 11.8 Å². The molecule has 0 radical (unpaired) electrons. The molecule has 0 saturated heterocycles. The number of nitrogens with one attached hydrogen (secondary N) is 1. The van der Waals surface area contributed by atoms with Gasteiger partial charge in [0.1, 0.15) is 0 Å². The van der Waals surface area contributed by atoms with Crippen LogP contribution in [0.25, 0.3) is 0 Å². The zero-order valence-corrected chi connectivity index (χ0v) is 10.7. The van der Waals surface area contributed by atoms with Crippen molar-refractivity contribution in [1.29, 1.82) is 0 Å². The van der Waals surface area contributed by atoms with Gasteiger partial charge in [0, 0.05) is 12.1 Å². The van der Waals surface area contributed by atoms with Gasteiger partial charge in [0.2, 0.25) is 0 Å². The summed E-state index contributed by atoms with van der Waals surface area (Å²) in [7, 11) is 0. The van der Waals surface area contributed by atoms with Gasteiger partial charge in [0.05, 0.1) is 0 Å². The minimum Gasteiger partial charge on any atom is -0.396 e. The Labute approximate surface area is 94.4 Å². The van der Waals surface area contributed by atoms with Gasteiger partial charge in [-0.25, -0.2) is 0 Å². The first-order chi connectivity index (χ1) is 6.99. The van der Waals surface area contributed by atoms with E-state index in [1.54, 1.807) is 0 Å². The van der Waals surface area contributed by atoms with E-state index < -0.39 is 0 Å². The molecule has 92 valence electrons. The highest BCUT2D eigenvalue weighted by molar-refractivity contribution is 4.83. The van der Waals surface area contributed by atoms with Crippen LogP contribution in [0.4, 0.5) is 0 Å². The van der Waals surface area contributed by atoms with Crippen LogP contribution in [0.1, 0.15) is 40.5 Å². The maximum absolute atomic E-state index is 9.00. The minimum atomic E-state index is 0.0526. The molecule has 0 saturated carbocycles. The molecule has 0 aliphatic carbocycles. The Bertz CT molecular complexity index is 162. The Kier molecular flexibility index (Phi) is 7.14. The summed E-state index contributed by atoms with van der Waals surface area (Å²) in [5, 5.41) is 12.5. The highest BCUT2D eigenvalue weighted by Crippen LogP contribution is 2.16. The van der Waals surface area contributed by atoms with E-state index in [1.165, 1.54) is 0 Å². The molecule has 0 spiro atoms. The van der Waals surface area contributed by atoms with Gasteiger partial charge in [0.25, 0.3) is 0 Å². The second-order valence-corrected chi connectivity index (χ2v) is 5.01. The van der Waals surface area contributed by atoms with Crippen molar-refractivity contribution in [3.63, 3.8) is 0 Å². The molecule has 3 heteroatoms. The van der Waals surface area contributed by atoms with Crippen LogP contribution < -0.4 is 11.1 Å². The summed E-state index contributed by atoms with van der Waals surface area (Å²) in [4.78, 5) is 0. The van der Waals surface area contributed by atoms with Crippen molar-refractivity contribution in [2.45, 2.75) is 46.1 Å². The third kappa shape index (κ3) is 5.50. The third-order valence-electron chi connectivity index (χ3n) is 3.48. The van der Waals surface area contributed by atoms with Gasteiger partial charge in [-0.2, -0.15) is 0 Å². The normalized spacial score (nSPS) is 17.8. The fourth-order valence-corrected chi connectivity index (χ4v) is 1.61. The standard InChI is InChI=1S/C12H28N2O/c1-5-12(4,6-7-15)14-9-11(8-13)10(2)3/h10-11,14-15H,5-9,13H2,1-4H3. The van der Waals surface area contributed by atoms with E-state index in [2.05, 4.69) is 33.0 Å². The molecular formula is C12H28N2O. The Balaban J connectivity index is 4.08. The van der Waals surface area contributed by atoms with Gasteiger partial charge in [-0.3, -0.25) is 0 Å². The molecule has 0 bridgehead atoms. The summed E-state index contributed by atoms with van der Waals surface area (Å²) in [6, 6.07) is 0. The summed E-state index contributed by atoms with van der Waals surface area (Å²) in [5.41, 5.74) is 5.78. The number of aliphatic hydroxyl groups excluding tert-OH is 1. The molecule has 4 N–H and O–H groups in total. The molecule has 0 amide bonds. The lowest BCUT2D eigenvalue weighted by atomic mass is 9.91. The van der Waals surface area contributed by atoms with Crippen LogP contribution in [0.2, 0.25) is 0 Å². The highest BCUT2D eigenvalue weighted by atomic mass is 16.3. The Hall–Kier alpha value is -0.120. The van der Waals surface area contributed by atoms with E-state index in [1.807, 2.05) is 0 Å². The number of hydrogen-bond donors (Lipinski definition) is 3. The summed E-state index contributed by atoms with van der Waals surface area (Å²) in [5.74, 6) is 1.13. The second kappa shape index (κ2) is 7.20.